The Hall–Kier alpha value is -5.60. The number of carbonyl (C=O) groups excluding carboxylic acids is 1. The molecule has 2 fully saturated rings. The molecule has 3 heterocycles. The standard InChI is InChI=1S/C37H28F7N3O5/c1-17-10-20(13-22(11-17)37(42,43)44)32-30-9-8-29(47(30)35(49)51-32)26-14-21(36(39,40)41)5-7-24(26)27-15-25(28(38)16-31(27)50-3)23-6-4-19(12-18(23)2)33-45-46-34(48)52-33/h4-7,10-16,29-30,32H,8-9H2,1-3H3,(H,46,48)/t29?,30?,32-/m1/s1. The number of cyclic esters (lactones) is 1. The van der Waals surface area contributed by atoms with Crippen LogP contribution < -0.4 is 10.5 Å². The van der Waals surface area contributed by atoms with Gasteiger partial charge in [-0.1, -0.05) is 23.8 Å². The molecule has 0 bridgehead atoms. The molecule has 0 aliphatic carbocycles. The third-order valence-electron chi connectivity index (χ3n) is 9.49. The maximum Gasteiger partial charge on any atom is 0.434 e. The van der Waals surface area contributed by atoms with Crippen LogP contribution in [-0.4, -0.2) is 34.3 Å². The van der Waals surface area contributed by atoms with Crippen molar-refractivity contribution in [3.8, 4) is 39.5 Å². The van der Waals surface area contributed by atoms with Crippen LogP contribution in [0.4, 0.5) is 35.5 Å². The number of methoxy groups -OCH3 is 1. The lowest BCUT2D eigenvalue weighted by Crippen LogP contribution is -2.31. The van der Waals surface area contributed by atoms with Crippen molar-refractivity contribution in [1.29, 1.82) is 0 Å². The Kier molecular flexibility index (Phi) is 8.42. The molecule has 2 saturated heterocycles. The Morgan fingerprint density at radius 1 is 0.827 bits per heavy atom. The van der Waals surface area contributed by atoms with Crippen LogP contribution in [0.15, 0.2) is 75.9 Å². The summed E-state index contributed by atoms with van der Waals surface area (Å²) < 4.78 is 115. The van der Waals surface area contributed by atoms with Crippen LogP contribution in [0.25, 0.3) is 33.7 Å². The second-order valence-electron chi connectivity index (χ2n) is 12.8. The van der Waals surface area contributed by atoms with Gasteiger partial charge in [0, 0.05) is 22.8 Å². The number of carbonyl (C=O) groups is 1. The third-order valence-corrected chi connectivity index (χ3v) is 9.49. The fourth-order valence-electron chi connectivity index (χ4n) is 7.24. The fourth-order valence-corrected chi connectivity index (χ4v) is 7.24. The monoisotopic (exact) mass is 727 g/mol. The number of hydrogen-bond acceptors (Lipinski definition) is 6. The van der Waals surface area contributed by atoms with Crippen molar-refractivity contribution in [2.75, 3.05) is 7.11 Å². The zero-order chi connectivity index (χ0) is 37.3. The van der Waals surface area contributed by atoms with Gasteiger partial charge in [0.25, 0.3) is 0 Å². The molecule has 0 radical (unpaired) electrons. The number of rotatable bonds is 6. The van der Waals surface area contributed by atoms with Crippen molar-refractivity contribution >= 4 is 6.09 Å². The van der Waals surface area contributed by atoms with E-state index in [9.17, 15) is 35.9 Å². The summed E-state index contributed by atoms with van der Waals surface area (Å²) in [4.78, 5) is 26.2. The number of aromatic amines is 1. The molecule has 270 valence electrons. The van der Waals surface area contributed by atoms with Gasteiger partial charge in [-0.15, -0.1) is 5.10 Å². The molecule has 0 spiro atoms. The summed E-state index contributed by atoms with van der Waals surface area (Å²) in [5.41, 5.74) is 0.524. The molecular weight excluding hydrogens is 699 g/mol. The first-order valence-electron chi connectivity index (χ1n) is 16.0. The summed E-state index contributed by atoms with van der Waals surface area (Å²) >= 11 is 0. The molecule has 1 amide bonds. The number of nitrogens with one attached hydrogen (secondary N) is 1. The molecule has 52 heavy (non-hydrogen) atoms. The molecule has 4 aromatic carbocycles. The molecule has 8 nitrogen and oxygen atoms in total. The Morgan fingerprint density at radius 2 is 1.56 bits per heavy atom. The number of alkyl halides is 6. The largest absolute Gasteiger partial charge is 0.496 e. The van der Waals surface area contributed by atoms with Crippen LogP contribution in [0.3, 0.4) is 0 Å². The van der Waals surface area contributed by atoms with Gasteiger partial charge in [0.2, 0.25) is 5.89 Å². The maximum absolute atomic E-state index is 15.8. The topological polar surface area (TPSA) is 97.7 Å². The van der Waals surface area contributed by atoms with Crippen molar-refractivity contribution in [1.82, 2.24) is 15.1 Å². The number of nitrogens with zero attached hydrogens (tertiary/aromatic N) is 2. The van der Waals surface area contributed by atoms with E-state index in [1.807, 2.05) is 0 Å². The average molecular weight is 728 g/mol. The minimum absolute atomic E-state index is 0.00527. The Morgan fingerprint density at radius 3 is 2.21 bits per heavy atom. The Labute approximate surface area is 290 Å². The Balaban J connectivity index is 1.33. The zero-order valence-electron chi connectivity index (χ0n) is 27.6. The number of aryl methyl sites for hydroxylation is 2. The first-order chi connectivity index (χ1) is 24.5. The van der Waals surface area contributed by atoms with Gasteiger partial charge in [-0.05, 0) is 97.0 Å². The molecule has 5 aromatic rings. The molecule has 3 atom stereocenters. The highest BCUT2D eigenvalue weighted by Crippen LogP contribution is 2.51. The number of benzene rings is 4. The molecular formula is C37H28F7N3O5. The van der Waals surface area contributed by atoms with Crippen LogP contribution in [0.5, 0.6) is 5.75 Å². The average Bonchev–Trinajstić information content (AvgIpc) is 3.80. The molecule has 7 rings (SSSR count). The highest BCUT2D eigenvalue weighted by Gasteiger charge is 2.51. The van der Waals surface area contributed by atoms with Gasteiger partial charge in [0.15, 0.2) is 0 Å². The van der Waals surface area contributed by atoms with Gasteiger partial charge >= 0.3 is 24.2 Å². The minimum Gasteiger partial charge on any atom is -0.496 e. The van der Waals surface area contributed by atoms with E-state index in [2.05, 4.69) is 10.2 Å². The van der Waals surface area contributed by atoms with E-state index in [0.717, 1.165) is 30.3 Å². The zero-order valence-corrected chi connectivity index (χ0v) is 27.6. The van der Waals surface area contributed by atoms with E-state index in [1.54, 1.807) is 25.1 Å². The highest BCUT2D eigenvalue weighted by atomic mass is 19.4. The van der Waals surface area contributed by atoms with E-state index < -0.39 is 59.3 Å². The lowest BCUT2D eigenvalue weighted by molar-refractivity contribution is -0.138. The van der Waals surface area contributed by atoms with Gasteiger partial charge in [0.05, 0.1) is 30.3 Å². The lowest BCUT2D eigenvalue weighted by Gasteiger charge is -2.26. The maximum atomic E-state index is 15.8. The van der Waals surface area contributed by atoms with Crippen LogP contribution in [0.1, 0.15) is 58.4 Å². The molecule has 0 saturated carbocycles. The van der Waals surface area contributed by atoms with Crippen molar-refractivity contribution in [2.24, 2.45) is 0 Å². The SMILES string of the molecule is COc1cc(F)c(-c2ccc(-c3n[nH]c(=O)o3)cc2C)cc1-c1ccc(C(F)(F)F)cc1C1CCC2[C@@H](c3cc(C)cc(C(F)(F)F)c3)OC(=O)N12. The number of ether oxygens (including phenoxy) is 2. The minimum atomic E-state index is -4.76. The predicted molar refractivity (Wildman–Crippen MR) is 173 cm³/mol. The van der Waals surface area contributed by atoms with Gasteiger partial charge in [0.1, 0.15) is 17.7 Å². The van der Waals surface area contributed by atoms with Crippen molar-refractivity contribution in [2.45, 2.75) is 57.2 Å². The van der Waals surface area contributed by atoms with Gasteiger partial charge in [-0.25, -0.2) is 19.1 Å². The number of fused-ring (bicyclic) bond motifs is 1. The number of amides is 1. The number of halogens is 7. The molecule has 2 aliphatic rings. The second-order valence-corrected chi connectivity index (χ2v) is 12.8. The summed E-state index contributed by atoms with van der Waals surface area (Å²) in [7, 11) is 1.28. The summed E-state index contributed by atoms with van der Waals surface area (Å²) in [6.45, 7) is 3.18. The van der Waals surface area contributed by atoms with E-state index in [4.69, 9.17) is 13.9 Å². The normalized spacial score (nSPS) is 18.8. The molecule has 15 heteroatoms. The van der Waals surface area contributed by atoms with Crippen LogP contribution in [0, 0.1) is 19.7 Å². The summed E-state index contributed by atoms with van der Waals surface area (Å²) in [6.07, 6.45) is -11.0. The molecule has 1 aromatic heterocycles. The summed E-state index contributed by atoms with van der Waals surface area (Å²) in [5.74, 6) is -1.43. The smallest absolute Gasteiger partial charge is 0.434 e. The van der Waals surface area contributed by atoms with E-state index in [0.29, 0.717) is 22.3 Å². The second kappa shape index (κ2) is 12.6. The van der Waals surface area contributed by atoms with E-state index in [1.165, 1.54) is 37.1 Å². The fraction of sp³-hybridized carbons (Fsp3) is 0.270. The van der Waals surface area contributed by atoms with Gasteiger partial charge in [-0.3, -0.25) is 4.90 Å². The van der Waals surface area contributed by atoms with Crippen LogP contribution in [0.2, 0.25) is 0 Å². The van der Waals surface area contributed by atoms with E-state index >= 15 is 4.39 Å². The first-order valence-corrected chi connectivity index (χ1v) is 16.0. The molecule has 2 unspecified atom stereocenters. The first kappa shape index (κ1) is 34.8. The highest BCUT2D eigenvalue weighted by molar-refractivity contribution is 5.83. The Bertz CT molecular complexity index is 2280. The molecule has 2 aliphatic heterocycles. The van der Waals surface area contributed by atoms with Crippen molar-refractivity contribution < 1.29 is 49.4 Å². The number of aromatic nitrogens is 2. The van der Waals surface area contributed by atoms with Crippen molar-refractivity contribution in [3.05, 3.63) is 116 Å². The summed E-state index contributed by atoms with van der Waals surface area (Å²) in [6, 6.07) is 12.0. The van der Waals surface area contributed by atoms with Gasteiger partial charge < -0.3 is 13.9 Å². The predicted octanol–water partition coefficient (Wildman–Crippen LogP) is 9.56. The van der Waals surface area contributed by atoms with Gasteiger partial charge in [-0.2, -0.15) is 26.3 Å². The third kappa shape index (κ3) is 6.17. The quantitative estimate of drug-likeness (QED) is 0.175. The lowest BCUT2D eigenvalue weighted by atomic mass is 9.88. The number of hydrogen-bond donors (Lipinski definition) is 1. The molecule has 1 N–H and O–H groups in total. The van der Waals surface area contributed by atoms with Crippen LogP contribution in [-0.2, 0) is 17.1 Å². The van der Waals surface area contributed by atoms with Crippen molar-refractivity contribution in [3.63, 3.8) is 0 Å². The summed E-state index contributed by atoms with van der Waals surface area (Å²) in [5, 5.41) is 5.97. The number of H-pyrrole nitrogens is 1. The van der Waals surface area contributed by atoms with Crippen LogP contribution >= 0.6 is 0 Å². The van der Waals surface area contributed by atoms with E-state index in [-0.39, 0.29) is 52.3 Å².